The van der Waals surface area contributed by atoms with Crippen LogP contribution in [0.3, 0.4) is 0 Å². The van der Waals surface area contributed by atoms with E-state index in [1.807, 2.05) is 36.2 Å². The number of likely N-dealkylation sites (N-methyl/N-ethyl adjacent to an activating group) is 1. The summed E-state index contributed by atoms with van der Waals surface area (Å²) in [5, 5.41) is 0. The maximum absolute atomic E-state index is 12.4. The highest BCUT2D eigenvalue weighted by Gasteiger charge is 2.19. The molecule has 0 bridgehead atoms. The number of hydrogen-bond acceptors (Lipinski definition) is 3. The number of methoxy groups -OCH3 is 2. The lowest BCUT2D eigenvalue weighted by molar-refractivity contribution is -0.126. The average Bonchev–Trinajstić information content (AvgIpc) is 2.87. The van der Waals surface area contributed by atoms with Crippen LogP contribution in [0.15, 0.2) is 24.3 Å². The molecular formula is C19H27NO3. The highest BCUT2D eigenvalue weighted by Crippen LogP contribution is 2.24. The van der Waals surface area contributed by atoms with Crippen LogP contribution in [0.25, 0.3) is 6.08 Å². The molecule has 1 saturated carbocycles. The van der Waals surface area contributed by atoms with Gasteiger partial charge in [0.25, 0.3) is 0 Å². The van der Waals surface area contributed by atoms with E-state index in [1.165, 1.54) is 25.7 Å². The van der Waals surface area contributed by atoms with Gasteiger partial charge in [0.05, 0.1) is 14.2 Å². The summed E-state index contributed by atoms with van der Waals surface area (Å²) in [6.07, 6.45) is 10.7. The topological polar surface area (TPSA) is 38.8 Å². The van der Waals surface area contributed by atoms with E-state index in [2.05, 4.69) is 0 Å². The molecule has 1 aromatic rings. The number of benzene rings is 1. The van der Waals surface area contributed by atoms with Crippen molar-refractivity contribution in [2.75, 3.05) is 21.3 Å². The Bertz CT molecular complexity index is 523. The van der Waals surface area contributed by atoms with Crippen molar-refractivity contribution >= 4 is 12.0 Å². The molecule has 0 saturated heterocycles. The molecule has 4 nitrogen and oxygen atoms in total. The lowest BCUT2D eigenvalue weighted by Gasteiger charge is -2.26. The van der Waals surface area contributed by atoms with Gasteiger partial charge in [-0.05, 0) is 36.6 Å². The van der Waals surface area contributed by atoms with Gasteiger partial charge in [-0.15, -0.1) is 0 Å². The largest absolute Gasteiger partial charge is 0.497 e. The summed E-state index contributed by atoms with van der Waals surface area (Å²) in [6, 6.07) is 5.96. The Hall–Kier alpha value is -1.97. The summed E-state index contributed by atoms with van der Waals surface area (Å²) in [5.41, 5.74) is 0.892. The zero-order valence-corrected chi connectivity index (χ0v) is 14.4. The van der Waals surface area contributed by atoms with Crippen molar-refractivity contribution in [3.05, 3.63) is 29.8 Å². The van der Waals surface area contributed by atoms with Crippen LogP contribution < -0.4 is 9.47 Å². The van der Waals surface area contributed by atoms with Crippen molar-refractivity contribution in [3.8, 4) is 11.5 Å². The van der Waals surface area contributed by atoms with E-state index >= 15 is 0 Å². The minimum Gasteiger partial charge on any atom is -0.497 e. The highest BCUT2D eigenvalue weighted by molar-refractivity contribution is 5.91. The number of rotatable bonds is 5. The molecule has 0 aliphatic heterocycles. The van der Waals surface area contributed by atoms with Crippen LogP contribution in [0, 0.1) is 0 Å². The highest BCUT2D eigenvalue weighted by atomic mass is 16.5. The minimum atomic E-state index is 0.0543. The zero-order chi connectivity index (χ0) is 16.7. The molecule has 4 heteroatoms. The van der Waals surface area contributed by atoms with Gasteiger partial charge in [0.1, 0.15) is 11.5 Å². The standard InChI is InChI=1S/C19H27NO3/c1-20(16-8-6-4-5-7-9-16)19(21)11-10-15-12-17(22-2)14-18(13-15)23-3/h10-14,16H,4-9H2,1-3H3/b11-10+. The predicted molar refractivity (Wildman–Crippen MR) is 92.8 cm³/mol. The smallest absolute Gasteiger partial charge is 0.246 e. The molecule has 126 valence electrons. The van der Waals surface area contributed by atoms with E-state index in [1.54, 1.807) is 20.3 Å². The first-order valence-electron chi connectivity index (χ1n) is 8.32. The van der Waals surface area contributed by atoms with Crippen LogP contribution in [0.5, 0.6) is 11.5 Å². The van der Waals surface area contributed by atoms with Crippen molar-refractivity contribution in [3.63, 3.8) is 0 Å². The summed E-state index contributed by atoms with van der Waals surface area (Å²) >= 11 is 0. The zero-order valence-electron chi connectivity index (χ0n) is 14.4. The van der Waals surface area contributed by atoms with Crippen LogP contribution >= 0.6 is 0 Å². The predicted octanol–water partition coefficient (Wildman–Crippen LogP) is 3.90. The molecule has 1 fully saturated rings. The molecule has 2 rings (SSSR count). The third-order valence-corrected chi connectivity index (χ3v) is 4.51. The first kappa shape index (κ1) is 17.4. The molecule has 0 heterocycles. The lowest BCUT2D eigenvalue weighted by atomic mass is 10.1. The van der Waals surface area contributed by atoms with E-state index in [0.717, 1.165) is 18.4 Å². The van der Waals surface area contributed by atoms with Gasteiger partial charge in [-0.3, -0.25) is 4.79 Å². The first-order chi connectivity index (χ1) is 11.1. The van der Waals surface area contributed by atoms with E-state index in [9.17, 15) is 4.79 Å². The molecule has 0 aromatic heterocycles. The van der Waals surface area contributed by atoms with Crippen LogP contribution in [0.4, 0.5) is 0 Å². The summed E-state index contributed by atoms with van der Waals surface area (Å²) < 4.78 is 10.5. The number of carbonyl (C=O) groups excluding carboxylic acids is 1. The molecule has 23 heavy (non-hydrogen) atoms. The third kappa shape index (κ3) is 5.02. The molecule has 1 amide bonds. The molecule has 0 atom stereocenters. The van der Waals surface area contributed by atoms with Crippen LogP contribution in [0.1, 0.15) is 44.1 Å². The fourth-order valence-electron chi connectivity index (χ4n) is 3.04. The van der Waals surface area contributed by atoms with Crippen molar-refractivity contribution in [2.24, 2.45) is 0 Å². The molecular weight excluding hydrogens is 290 g/mol. The number of ether oxygens (including phenoxy) is 2. The summed E-state index contributed by atoms with van der Waals surface area (Å²) in [5.74, 6) is 1.49. The fraction of sp³-hybridized carbons (Fsp3) is 0.526. The van der Waals surface area contributed by atoms with Crippen molar-refractivity contribution in [2.45, 2.75) is 44.6 Å². The molecule has 0 radical (unpaired) electrons. The minimum absolute atomic E-state index is 0.0543. The number of hydrogen-bond donors (Lipinski definition) is 0. The van der Waals surface area contributed by atoms with E-state index in [0.29, 0.717) is 17.5 Å². The van der Waals surface area contributed by atoms with Crippen LogP contribution in [-0.2, 0) is 4.79 Å². The molecule has 1 aliphatic rings. The van der Waals surface area contributed by atoms with E-state index < -0.39 is 0 Å². The van der Waals surface area contributed by atoms with Gasteiger partial charge < -0.3 is 14.4 Å². The maximum atomic E-state index is 12.4. The van der Waals surface area contributed by atoms with Gasteiger partial charge in [0, 0.05) is 25.2 Å². The Morgan fingerprint density at radius 2 is 1.61 bits per heavy atom. The Labute approximate surface area is 139 Å². The summed E-state index contributed by atoms with van der Waals surface area (Å²) in [7, 11) is 5.15. The first-order valence-corrected chi connectivity index (χ1v) is 8.32. The average molecular weight is 317 g/mol. The SMILES string of the molecule is COc1cc(/C=C/C(=O)N(C)C2CCCCCC2)cc(OC)c1. The van der Waals surface area contributed by atoms with Gasteiger partial charge >= 0.3 is 0 Å². The quantitative estimate of drug-likeness (QED) is 0.611. The van der Waals surface area contributed by atoms with Gasteiger partial charge in [-0.2, -0.15) is 0 Å². The molecule has 0 N–H and O–H groups in total. The fourth-order valence-corrected chi connectivity index (χ4v) is 3.04. The van der Waals surface area contributed by atoms with Crippen LogP contribution in [0.2, 0.25) is 0 Å². The second kappa shape index (κ2) is 8.61. The van der Waals surface area contributed by atoms with Crippen molar-refractivity contribution in [1.29, 1.82) is 0 Å². The van der Waals surface area contributed by atoms with Crippen LogP contribution in [-0.4, -0.2) is 38.1 Å². The Morgan fingerprint density at radius 1 is 1.04 bits per heavy atom. The third-order valence-electron chi connectivity index (χ3n) is 4.51. The maximum Gasteiger partial charge on any atom is 0.246 e. The Kier molecular flexibility index (Phi) is 6.51. The molecule has 1 aliphatic carbocycles. The van der Waals surface area contributed by atoms with Gasteiger partial charge in [-0.25, -0.2) is 0 Å². The monoisotopic (exact) mass is 317 g/mol. The van der Waals surface area contributed by atoms with Crippen molar-refractivity contribution in [1.82, 2.24) is 4.90 Å². The van der Waals surface area contributed by atoms with Gasteiger partial charge in [-0.1, -0.05) is 25.7 Å². The molecule has 0 unspecified atom stereocenters. The van der Waals surface area contributed by atoms with Gasteiger partial charge in [0.15, 0.2) is 0 Å². The Balaban J connectivity index is 2.04. The number of amides is 1. The van der Waals surface area contributed by atoms with E-state index in [-0.39, 0.29) is 5.91 Å². The summed E-state index contributed by atoms with van der Waals surface area (Å²) in [4.78, 5) is 14.3. The molecule has 0 spiro atoms. The normalized spacial score (nSPS) is 16.1. The lowest BCUT2D eigenvalue weighted by Crippen LogP contribution is -2.35. The second-order valence-electron chi connectivity index (χ2n) is 6.07. The number of nitrogens with zero attached hydrogens (tertiary/aromatic N) is 1. The van der Waals surface area contributed by atoms with Gasteiger partial charge in [0.2, 0.25) is 5.91 Å². The number of carbonyl (C=O) groups is 1. The van der Waals surface area contributed by atoms with Crippen molar-refractivity contribution < 1.29 is 14.3 Å². The second-order valence-corrected chi connectivity index (χ2v) is 6.07. The Morgan fingerprint density at radius 3 is 2.13 bits per heavy atom. The molecule has 1 aromatic carbocycles. The summed E-state index contributed by atoms with van der Waals surface area (Å²) in [6.45, 7) is 0. The van der Waals surface area contributed by atoms with E-state index in [4.69, 9.17) is 9.47 Å².